The second kappa shape index (κ2) is 7.21. The molecule has 0 aromatic rings. The van der Waals surface area contributed by atoms with Gasteiger partial charge in [0.15, 0.2) is 0 Å². The van der Waals surface area contributed by atoms with Crippen molar-refractivity contribution in [2.75, 3.05) is 26.2 Å². The number of carbonyl (C=O) groups is 2. The largest absolute Gasteiger partial charge is 0.444 e. The van der Waals surface area contributed by atoms with Crippen molar-refractivity contribution in [2.45, 2.75) is 45.6 Å². The van der Waals surface area contributed by atoms with Crippen LogP contribution in [-0.2, 0) is 4.74 Å². The van der Waals surface area contributed by atoms with Crippen molar-refractivity contribution in [2.24, 2.45) is 0 Å². The average molecular weight is 271 g/mol. The molecule has 3 amide bonds. The van der Waals surface area contributed by atoms with Gasteiger partial charge in [0.2, 0.25) is 0 Å². The van der Waals surface area contributed by atoms with Gasteiger partial charge in [-0.25, -0.2) is 9.59 Å². The second-order valence-corrected chi connectivity index (χ2v) is 5.71. The maximum absolute atomic E-state index is 11.7. The van der Waals surface area contributed by atoms with Crippen LogP contribution >= 0.6 is 0 Å². The van der Waals surface area contributed by atoms with Crippen molar-refractivity contribution < 1.29 is 14.3 Å². The van der Waals surface area contributed by atoms with E-state index in [0.717, 1.165) is 25.9 Å². The highest BCUT2D eigenvalue weighted by Crippen LogP contribution is 2.08. The summed E-state index contributed by atoms with van der Waals surface area (Å²) in [4.78, 5) is 24.9. The first-order chi connectivity index (χ1) is 8.88. The number of alkyl carbamates (subject to hydrolysis) is 1. The first-order valence-electron chi connectivity index (χ1n) is 6.88. The lowest BCUT2D eigenvalue weighted by Gasteiger charge is -2.26. The van der Waals surface area contributed by atoms with E-state index < -0.39 is 11.7 Å². The Labute approximate surface area is 114 Å². The highest BCUT2D eigenvalue weighted by Gasteiger charge is 2.17. The number of ether oxygens (including phenoxy) is 1. The molecule has 1 rings (SSSR count). The molecule has 1 aliphatic rings. The van der Waals surface area contributed by atoms with Crippen molar-refractivity contribution in [1.29, 1.82) is 0 Å². The number of hydrogen-bond donors (Lipinski definition) is 2. The predicted molar refractivity (Wildman–Crippen MR) is 73.1 cm³/mol. The summed E-state index contributed by atoms with van der Waals surface area (Å²) in [7, 11) is 0. The molecule has 0 aliphatic carbocycles. The molecule has 0 saturated carbocycles. The molecular weight excluding hydrogens is 246 g/mol. The lowest BCUT2D eigenvalue weighted by molar-refractivity contribution is 0.0528. The monoisotopic (exact) mass is 271 g/mol. The topological polar surface area (TPSA) is 70.7 Å². The Morgan fingerprint density at radius 2 is 1.63 bits per heavy atom. The number of nitrogens with zero attached hydrogens (tertiary/aromatic N) is 1. The Hall–Kier alpha value is -1.46. The number of carbonyl (C=O) groups excluding carboxylic acids is 2. The van der Waals surface area contributed by atoms with Gasteiger partial charge in [0.25, 0.3) is 0 Å². The van der Waals surface area contributed by atoms with Gasteiger partial charge in [0.05, 0.1) is 0 Å². The van der Waals surface area contributed by atoms with E-state index in [1.165, 1.54) is 6.42 Å². The summed E-state index contributed by atoms with van der Waals surface area (Å²) < 4.78 is 5.09. The zero-order valence-corrected chi connectivity index (χ0v) is 12.1. The van der Waals surface area contributed by atoms with Crippen LogP contribution in [0.5, 0.6) is 0 Å². The van der Waals surface area contributed by atoms with E-state index in [1.807, 2.05) is 25.7 Å². The maximum Gasteiger partial charge on any atom is 0.407 e. The van der Waals surface area contributed by atoms with Gasteiger partial charge in [-0.2, -0.15) is 0 Å². The minimum atomic E-state index is -0.499. The van der Waals surface area contributed by atoms with Gasteiger partial charge in [-0.05, 0) is 40.0 Å². The van der Waals surface area contributed by atoms with Crippen LogP contribution in [-0.4, -0.2) is 48.8 Å². The van der Waals surface area contributed by atoms with E-state index in [-0.39, 0.29) is 6.03 Å². The summed E-state index contributed by atoms with van der Waals surface area (Å²) in [5, 5.41) is 5.39. The standard InChI is InChI=1S/C13H25N3O3/c1-13(2,3)19-12(18)15-8-7-14-11(17)16-9-5-4-6-10-16/h4-10H2,1-3H3,(H,14,17)(H,15,18). The van der Waals surface area contributed by atoms with Gasteiger partial charge >= 0.3 is 12.1 Å². The third-order valence-electron chi connectivity index (χ3n) is 2.71. The average Bonchev–Trinajstić information content (AvgIpc) is 2.33. The van der Waals surface area contributed by atoms with Crippen LogP contribution < -0.4 is 10.6 Å². The highest BCUT2D eigenvalue weighted by atomic mass is 16.6. The van der Waals surface area contributed by atoms with E-state index in [1.54, 1.807) is 0 Å². The number of likely N-dealkylation sites (tertiary alicyclic amines) is 1. The van der Waals surface area contributed by atoms with Crippen LogP contribution in [0.2, 0.25) is 0 Å². The van der Waals surface area contributed by atoms with Crippen LogP contribution in [0.4, 0.5) is 9.59 Å². The van der Waals surface area contributed by atoms with Crippen LogP contribution in [0.3, 0.4) is 0 Å². The summed E-state index contributed by atoms with van der Waals surface area (Å²) >= 11 is 0. The van der Waals surface area contributed by atoms with Gasteiger partial charge in [0.1, 0.15) is 5.60 Å². The third kappa shape index (κ3) is 6.88. The third-order valence-corrected chi connectivity index (χ3v) is 2.71. The van der Waals surface area contributed by atoms with Crippen molar-refractivity contribution in [1.82, 2.24) is 15.5 Å². The van der Waals surface area contributed by atoms with Gasteiger partial charge in [-0.1, -0.05) is 0 Å². The highest BCUT2D eigenvalue weighted by molar-refractivity contribution is 5.74. The molecule has 0 radical (unpaired) electrons. The summed E-state index contributed by atoms with van der Waals surface area (Å²) in [5.41, 5.74) is -0.499. The SMILES string of the molecule is CC(C)(C)OC(=O)NCCNC(=O)N1CCCCC1. The van der Waals surface area contributed by atoms with Gasteiger partial charge < -0.3 is 20.3 Å². The first kappa shape index (κ1) is 15.6. The van der Waals surface area contributed by atoms with Crippen molar-refractivity contribution >= 4 is 12.1 Å². The van der Waals surface area contributed by atoms with E-state index in [2.05, 4.69) is 10.6 Å². The molecule has 0 unspecified atom stereocenters. The first-order valence-corrected chi connectivity index (χ1v) is 6.88. The van der Waals surface area contributed by atoms with Crippen LogP contribution in [0.25, 0.3) is 0 Å². The summed E-state index contributed by atoms with van der Waals surface area (Å²) in [6.07, 6.45) is 2.89. The molecule has 1 fully saturated rings. The van der Waals surface area contributed by atoms with Crippen LogP contribution in [0, 0.1) is 0 Å². The summed E-state index contributed by atoms with van der Waals surface area (Å²) in [6, 6.07) is -0.0503. The van der Waals surface area contributed by atoms with Crippen molar-refractivity contribution in [3.8, 4) is 0 Å². The molecular formula is C13H25N3O3. The molecule has 1 saturated heterocycles. The Kier molecular flexibility index (Phi) is 5.92. The molecule has 1 heterocycles. The smallest absolute Gasteiger partial charge is 0.407 e. The predicted octanol–water partition coefficient (Wildman–Crippen LogP) is 1.71. The number of amides is 3. The quantitative estimate of drug-likeness (QED) is 0.768. The fourth-order valence-electron chi connectivity index (χ4n) is 1.86. The van der Waals surface area contributed by atoms with E-state index in [4.69, 9.17) is 4.74 Å². The Balaban J connectivity index is 2.10. The number of urea groups is 1. The van der Waals surface area contributed by atoms with Gasteiger partial charge in [0, 0.05) is 26.2 Å². The normalized spacial score (nSPS) is 15.8. The van der Waals surface area contributed by atoms with E-state index in [9.17, 15) is 9.59 Å². The maximum atomic E-state index is 11.7. The molecule has 19 heavy (non-hydrogen) atoms. The summed E-state index contributed by atoms with van der Waals surface area (Å²) in [5.74, 6) is 0. The zero-order chi connectivity index (χ0) is 14.3. The van der Waals surface area contributed by atoms with Crippen molar-refractivity contribution in [3.05, 3.63) is 0 Å². The summed E-state index contributed by atoms with van der Waals surface area (Å²) in [6.45, 7) is 7.86. The van der Waals surface area contributed by atoms with Gasteiger partial charge in [-0.3, -0.25) is 0 Å². The van der Waals surface area contributed by atoms with E-state index >= 15 is 0 Å². The molecule has 0 bridgehead atoms. The number of rotatable bonds is 3. The molecule has 6 heteroatoms. The van der Waals surface area contributed by atoms with Crippen molar-refractivity contribution in [3.63, 3.8) is 0 Å². The molecule has 1 aliphatic heterocycles. The molecule has 2 N–H and O–H groups in total. The zero-order valence-electron chi connectivity index (χ0n) is 12.1. The van der Waals surface area contributed by atoms with Gasteiger partial charge in [-0.15, -0.1) is 0 Å². The fraction of sp³-hybridized carbons (Fsp3) is 0.846. The Morgan fingerprint density at radius 1 is 1.05 bits per heavy atom. The Morgan fingerprint density at radius 3 is 2.21 bits per heavy atom. The number of piperidine rings is 1. The molecule has 0 atom stereocenters. The molecule has 0 aromatic carbocycles. The molecule has 0 spiro atoms. The number of nitrogens with one attached hydrogen (secondary N) is 2. The number of hydrogen-bond acceptors (Lipinski definition) is 3. The minimum absolute atomic E-state index is 0.0503. The lowest BCUT2D eigenvalue weighted by atomic mass is 10.1. The molecule has 0 aromatic heterocycles. The second-order valence-electron chi connectivity index (χ2n) is 5.71. The van der Waals surface area contributed by atoms with Crippen LogP contribution in [0.15, 0.2) is 0 Å². The molecule has 6 nitrogen and oxygen atoms in total. The van der Waals surface area contributed by atoms with Crippen LogP contribution in [0.1, 0.15) is 40.0 Å². The fourth-order valence-corrected chi connectivity index (χ4v) is 1.86. The van der Waals surface area contributed by atoms with E-state index in [0.29, 0.717) is 13.1 Å². The minimum Gasteiger partial charge on any atom is -0.444 e. The Bertz CT molecular complexity index is 307. The molecule has 110 valence electrons. The lowest BCUT2D eigenvalue weighted by Crippen LogP contribution is -2.45.